The van der Waals surface area contributed by atoms with E-state index in [2.05, 4.69) is 5.48 Å². The number of carbonyl (C=O) groups is 1. The molecule has 0 bridgehead atoms. The molecule has 98 valence electrons. The first-order chi connectivity index (χ1) is 8.63. The van der Waals surface area contributed by atoms with E-state index in [0.717, 1.165) is 5.56 Å². The molecule has 0 aliphatic carbocycles. The number of nitrogens with zero attached hydrogens (tertiary/aromatic N) is 1. The molecule has 3 atom stereocenters. The number of hydrogen-bond acceptors (Lipinski definition) is 3. The Hall–Kier alpha value is -1.39. The number of hydroxylamine groups is 1. The van der Waals surface area contributed by atoms with Gasteiger partial charge in [0.15, 0.2) is 0 Å². The van der Waals surface area contributed by atoms with Crippen LogP contribution in [0.1, 0.15) is 31.9 Å². The lowest BCUT2D eigenvalue weighted by atomic mass is 10.0. The Balaban J connectivity index is 2.08. The molecule has 1 amide bonds. The third-order valence-electron chi connectivity index (χ3n) is 3.85. The molecule has 1 aromatic rings. The summed E-state index contributed by atoms with van der Waals surface area (Å²) in [6.07, 6.45) is 0.506. The normalized spacial score (nSPS) is 23.2. The lowest BCUT2D eigenvalue weighted by molar-refractivity contribution is -0.129. The van der Waals surface area contributed by atoms with Crippen LogP contribution in [0.4, 0.5) is 0 Å². The first-order valence-corrected chi connectivity index (χ1v) is 6.37. The number of amides is 1. The number of carbonyl (C=O) groups excluding carboxylic acids is 1. The number of nitrogens with one attached hydrogen (secondary N) is 1. The topological polar surface area (TPSA) is 52.6 Å². The van der Waals surface area contributed by atoms with E-state index in [1.54, 1.807) is 0 Å². The van der Waals surface area contributed by atoms with Crippen LogP contribution in [0.25, 0.3) is 0 Å². The second kappa shape index (κ2) is 5.50. The summed E-state index contributed by atoms with van der Waals surface area (Å²) >= 11 is 0. The molecule has 18 heavy (non-hydrogen) atoms. The quantitative estimate of drug-likeness (QED) is 0.801. The fourth-order valence-electron chi connectivity index (χ4n) is 2.49. The molecule has 1 aliphatic rings. The summed E-state index contributed by atoms with van der Waals surface area (Å²) in [5.41, 5.74) is 3.40. The highest BCUT2D eigenvalue weighted by Gasteiger charge is 2.35. The smallest absolute Gasteiger partial charge is 0.223 e. The van der Waals surface area contributed by atoms with Crippen molar-refractivity contribution in [2.45, 2.75) is 32.4 Å². The molecule has 1 saturated heterocycles. The van der Waals surface area contributed by atoms with Crippen LogP contribution in [0.5, 0.6) is 0 Å². The van der Waals surface area contributed by atoms with Gasteiger partial charge in [0.25, 0.3) is 0 Å². The van der Waals surface area contributed by atoms with Gasteiger partial charge < -0.3 is 10.1 Å². The Morgan fingerprint density at radius 3 is 2.61 bits per heavy atom. The second-order valence-electron chi connectivity index (χ2n) is 5.01. The van der Waals surface area contributed by atoms with Gasteiger partial charge in [0.1, 0.15) is 0 Å². The third kappa shape index (κ3) is 2.54. The molecule has 1 heterocycles. The molecule has 2 rings (SSSR count). The van der Waals surface area contributed by atoms with Gasteiger partial charge in [-0.05, 0) is 19.4 Å². The van der Waals surface area contributed by atoms with Crippen molar-refractivity contribution >= 4 is 5.91 Å². The van der Waals surface area contributed by atoms with Crippen LogP contribution in [0.3, 0.4) is 0 Å². The maximum atomic E-state index is 12.0. The van der Waals surface area contributed by atoms with Crippen LogP contribution in [0, 0.1) is 5.92 Å². The molecule has 0 saturated carbocycles. The Labute approximate surface area is 108 Å². The Kier molecular flexibility index (Phi) is 3.99. The highest BCUT2D eigenvalue weighted by atomic mass is 16.5. The molecule has 1 fully saturated rings. The van der Waals surface area contributed by atoms with Gasteiger partial charge in [-0.25, -0.2) is 5.48 Å². The van der Waals surface area contributed by atoms with Crippen molar-refractivity contribution in [2.75, 3.05) is 6.54 Å². The summed E-state index contributed by atoms with van der Waals surface area (Å²) in [6.45, 7) is 4.64. The van der Waals surface area contributed by atoms with Crippen molar-refractivity contribution in [3.63, 3.8) is 0 Å². The molecule has 4 heteroatoms. The molecular weight excluding hydrogens is 228 g/mol. The Morgan fingerprint density at radius 1 is 1.33 bits per heavy atom. The standard InChI is InChI=1S/C14H20N2O2/c1-10(15-18)13-8-14(17)16(9-13)11(2)12-6-4-3-5-7-12/h3-7,10-11,13,15,18H,8-9H2,1-2H3/t10-,11-,13+/m0/s1. The summed E-state index contributed by atoms with van der Waals surface area (Å²) in [4.78, 5) is 13.9. The first-order valence-electron chi connectivity index (χ1n) is 6.37. The maximum absolute atomic E-state index is 12.0. The zero-order chi connectivity index (χ0) is 13.1. The summed E-state index contributed by atoms with van der Waals surface area (Å²) in [5, 5.41) is 8.94. The predicted octanol–water partition coefficient (Wildman–Crippen LogP) is 1.96. The van der Waals surface area contributed by atoms with E-state index in [0.29, 0.717) is 13.0 Å². The molecule has 0 unspecified atom stereocenters. The Bertz CT molecular complexity index is 408. The second-order valence-corrected chi connectivity index (χ2v) is 5.01. The summed E-state index contributed by atoms with van der Waals surface area (Å²) in [5.74, 6) is 0.340. The summed E-state index contributed by atoms with van der Waals surface area (Å²) in [6, 6.07) is 10.1. The van der Waals surface area contributed by atoms with E-state index in [4.69, 9.17) is 5.21 Å². The van der Waals surface area contributed by atoms with Crippen molar-refractivity contribution < 1.29 is 10.0 Å². The zero-order valence-corrected chi connectivity index (χ0v) is 10.8. The minimum absolute atomic E-state index is 0.0538. The van der Waals surface area contributed by atoms with Gasteiger partial charge in [-0.15, -0.1) is 0 Å². The van der Waals surface area contributed by atoms with Gasteiger partial charge in [0.05, 0.1) is 6.04 Å². The third-order valence-corrected chi connectivity index (χ3v) is 3.85. The van der Waals surface area contributed by atoms with Gasteiger partial charge in [0.2, 0.25) is 5.91 Å². The number of rotatable bonds is 4. The summed E-state index contributed by atoms with van der Waals surface area (Å²) in [7, 11) is 0. The highest BCUT2D eigenvalue weighted by Crippen LogP contribution is 2.29. The number of benzene rings is 1. The van der Waals surface area contributed by atoms with Crippen LogP contribution >= 0.6 is 0 Å². The van der Waals surface area contributed by atoms with Crippen LogP contribution in [-0.2, 0) is 4.79 Å². The molecule has 1 aliphatic heterocycles. The molecule has 4 nitrogen and oxygen atoms in total. The molecule has 0 spiro atoms. The predicted molar refractivity (Wildman–Crippen MR) is 69.1 cm³/mol. The molecule has 1 aromatic carbocycles. The van der Waals surface area contributed by atoms with Crippen molar-refractivity contribution in [1.82, 2.24) is 10.4 Å². The SMILES string of the molecule is C[C@H](NO)[C@@H]1CC(=O)N([C@@H](C)c2ccccc2)C1. The lowest BCUT2D eigenvalue weighted by Crippen LogP contribution is -2.34. The average Bonchev–Trinajstić information content (AvgIpc) is 2.80. The Morgan fingerprint density at radius 2 is 2.00 bits per heavy atom. The van der Waals surface area contributed by atoms with Gasteiger partial charge in [-0.2, -0.15) is 0 Å². The monoisotopic (exact) mass is 248 g/mol. The average molecular weight is 248 g/mol. The van der Waals surface area contributed by atoms with Gasteiger partial charge in [0, 0.05) is 24.9 Å². The minimum atomic E-state index is -0.0538. The van der Waals surface area contributed by atoms with Crippen LogP contribution in [0.15, 0.2) is 30.3 Å². The van der Waals surface area contributed by atoms with Crippen molar-refractivity contribution in [3.05, 3.63) is 35.9 Å². The van der Waals surface area contributed by atoms with Crippen molar-refractivity contribution in [1.29, 1.82) is 0 Å². The van der Waals surface area contributed by atoms with E-state index in [9.17, 15) is 4.79 Å². The molecule has 0 aromatic heterocycles. The molecular formula is C14H20N2O2. The fraction of sp³-hybridized carbons (Fsp3) is 0.500. The van der Waals surface area contributed by atoms with Crippen LogP contribution < -0.4 is 5.48 Å². The van der Waals surface area contributed by atoms with Crippen LogP contribution in [-0.4, -0.2) is 28.6 Å². The van der Waals surface area contributed by atoms with E-state index >= 15 is 0 Å². The zero-order valence-electron chi connectivity index (χ0n) is 10.8. The van der Waals surface area contributed by atoms with Gasteiger partial charge in [-0.3, -0.25) is 4.79 Å². The minimum Gasteiger partial charge on any atom is -0.336 e. The van der Waals surface area contributed by atoms with Crippen LogP contribution in [0.2, 0.25) is 0 Å². The maximum Gasteiger partial charge on any atom is 0.223 e. The largest absolute Gasteiger partial charge is 0.336 e. The highest BCUT2D eigenvalue weighted by molar-refractivity contribution is 5.79. The number of likely N-dealkylation sites (tertiary alicyclic amines) is 1. The van der Waals surface area contributed by atoms with E-state index < -0.39 is 0 Å². The first kappa shape index (κ1) is 13.1. The number of hydrogen-bond donors (Lipinski definition) is 2. The lowest BCUT2D eigenvalue weighted by Gasteiger charge is -2.26. The van der Waals surface area contributed by atoms with E-state index in [1.165, 1.54) is 0 Å². The van der Waals surface area contributed by atoms with E-state index in [-0.39, 0.29) is 23.9 Å². The summed E-state index contributed by atoms with van der Waals surface area (Å²) < 4.78 is 0. The van der Waals surface area contributed by atoms with Gasteiger partial charge in [-0.1, -0.05) is 30.3 Å². The van der Waals surface area contributed by atoms with Gasteiger partial charge >= 0.3 is 0 Å². The fourth-order valence-corrected chi connectivity index (χ4v) is 2.49. The molecule has 0 radical (unpaired) electrons. The van der Waals surface area contributed by atoms with E-state index in [1.807, 2.05) is 49.1 Å². The van der Waals surface area contributed by atoms with Crippen molar-refractivity contribution in [3.8, 4) is 0 Å². The van der Waals surface area contributed by atoms with Crippen molar-refractivity contribution in [2.24, 2.45) is 5.92 Å². The molecule has 2 N–H and O–H groups in total.